The quantitative estimate of drug-likeness (QED) is 0.449. The molecule has 1 saturated heterocycles. The van der Waals surface area contributed by atoms with E-state index in [1.807, 2.05) is 26.1 Å². The minimum atomic E-state index is 0.0853. The largest absolute Gasteiger partial charge is 0.367 e. The van der Waals surface area contributed by atoms with Gasteiger partial charge in [-0.2, -0.15) is 0 Å². The van der Waals surface area contributed by atoms with E-state index in [0.29, 0.717) is 11.4 Å². The molecule has 0 unspecified atom stereocenters. The van der Waals surface area contributed by atoms with Crippen molar-refractivity contribution in [3.8, 4) is 0 Å². The second-order valence-electron chi connectivity index (χ2n) is 5.75. The first-order valence-electron chi connectivity index (χ1n) is 8.77. The summed E-state index contributed by atoms with van der Waals surface area (Å²) in [7, 11) is 0. The van der Waals surface area contributed by atoms with Crippen LogP contribution in [0.25, 0.3) is 0 Å². The van der Waals surface area contributed by atoms with Crippen molar-refractivity contribution in [1.82, 2.24) is 19.9 Å². The lowest BCUT2D eigenvalue weighted by atomic mass is 10.0. The molecule has 2 aromatic heterocycles. The lowest BCUT2D eigenvalue weighted by molar-refractivity contribution is 0.211. The van der Waals surface area contributed by atoms with E-state index in [2.05, 4.69) is 31.2 Å². The van der Waals surface area contributed by atoms with Crippen LogP contribution < -0.4 is 5.32 Å². The molecule has 140 valence electrons. The predicted molar refractivity (Wildman–Crippen MR) is 107 cm³/mol. The molecule has 6 nitrogen and oxygen atoms in total. The van der Waals surface area contributed by atoms with E-state index in [-0.39, 0.29) is 16.5 Å². The van der Waals surface area contributed by atoms with Gasteiger partial charge in [0.15, 0.2) is 0 Å². The Morgan fingerprint density at radius 3 is 2.62 bits per heavy atom. The van der Waals surface area contributed by atoms with Gasteiger partial charge < -0.3 is 10.7 Å². The van der Waals surface area contributed by atoms with E-state index in [0.717, 1.165) is 38.7 Å². The summed E-state index contributed by atoms with van der Waals surface area (Å²) >= 11 is 11.9. The number of hydrogen-bond acceptors (Lipinski definition) is 6. The predicted octanol–water partition coefficient (Wildman–Crippen LogP) is 4.28. The highest BCUT2D eigenvalue weighted by atomic mass is 35.5. The lowest BCUT2D eigenvalue weighted by Crippen LogP contribution is -2.39. The van der Waals surface area contributed by atoms with Crippen LogP contribution in [-0.2, 0) is 6.54 Å². The molecule has 0 bridgehead atoms. The summed E-state index contributed by atoms with van der Waals surface area (Å²) < 4.78 is 0. The number of halogens is 2. The minimum Gasteiger partial charge on any atom is -0.367 e. The average Bonchev–Trinajstić information content (AvgIpc) is 2.66. The summed E-state index contributed by atoms with van der Waals surface area (Å²) in [6.07, 6.45) is 6.82. The van der Waals surface area contributed by atoms with E-state index in [1.54, 1.807) is 6.20 Å². The van der Waals surface area contributed by atoms with Crippen LogP contribution in [0, 0.1) is 5.41 Å². The Labute approximate surface area is 164 Å². The molecule has 0 spiro atoms. The maximum Gasteiger partial charge on any atom is 0.225 e. The Bertz CT molecular complexity index is 702. The molecule has 0 saturated carbocycles. The molecule has 1 aliphatic rings. The highest BCUT2D eigenvalue weighted by Crippen LogP contribution is 2.24. The van der Waals surface area contributed by atoms with Crippen molar-refractivity contribution in [3.63, 3.8) is 0 Å². The zero-order valence-electron chi connectivity index (χ0n) is 15.0. The molecule has 0 aromatic carbocycles. The first kappa shape index (κ1) is 20.6. The number of pyridine rings is 1. The summed E-state index contributed by atoms with van der Waals surface area (Å²) in [6.45, 7) is 6.88. The molecule has 0 aliphatic carbocycles. The average molecular weight is 395 g/mol. The number of piperidine rings is 1. The number of hydrogen-bond donors (Lipinski definition) is 2. The van der Waals surface area contributed by atoms with E-state index in [1.165, 1.54) is 5.56 Å². The fourth-order valence-corrected chi connectivity index (χ4v) is 3.27. The van der Waals surface area contributed by atoms with Gasteiger partial charge in [-0.25, -0.2) is 9.97 Å². The van der Waals surface area contributed by atoms with Gasteiger partial charge in [-0.1, -0.05) is 31.5 Å². The summed E-state index contributed by atoms with van der Waals surface area (Å²) in [5.41, 5.74) is 1.70. The van der Waals surface area contributed by atoms with E-state index >= 15 is 0 Å². The topological polar surface area (TPSA) is 77.8 Å². The summed E-state index contributed by atoms with van der Waals surface area (Å²) in [4.78, 5) is 14.6. The highest BCUT2D eigenvalue weighted by Gasteiger charge is 2.21. The van der Waals surface area contributed by atoms with Gasteiger partial charge in [-0.15, -0.1) is 0 Å². The van der Waals surface area contributed by atoms with Crippen LogP contribution in [0.3, 0.4) is 0 Å². The van der Waals surface area contributed by atoms with Crippen LogP contribution in [0.2, 0.25) is 10.4 Å². The third-order valence-electron chi connectivity index (χ3n) is 4.07. The van der Waals surface area contributed by atoms with Crippen LogP contribution in [0.15, 0.2) is 24.5 Å². The SMILES string of the molecule is CC.N=Cc1c(Cl)nc(Cl)nc1NC1CCN(Cc2cccnc2)CC1. The lowest BCUT2D eigenvalue weighted by Gasteiger charge is -2.32. The fourth-order valence-electron chi connectivity index (χ4n) is 2.83. The number of anilines is 1. The van der Waals surface area contributed by atoms with Gasteiger partial charge in [0.1, 0.15) is 11.0 Å². The number of rotatable bonds is 5. The molecule has 3 rings (SSSR count). The standard InChI is InChI=1S/C16H18Cl2N6.C2H6/c17-14-13(8-19)15(23-16(18)22-14)21-12-3-6-24(7-4-12)10-11-2-1-5-20-9-11;1-2/h1-2,5,8-9,12,19H,3-4,6-7,10H2,(H,21,22,23);1-2H3. The van der Waals surface area contributed by atoms with Gasteiger partial charge in [-0.05, 0) is 36.1 Å². The van der Waals surface area contributed by atoms with E-state index < -0.39 is 0 Å². The molecule has 0 amide bonds. The Hall–Kier alpha value is -1.76. The maximum atomic E-state index is 7.48. The summed E-state index contributed by atoms with van der Waals surface area (Å²) in [5, 5.41) is 11.1. The van der Waals surface area contributed by atoms with Crippen molar-refractivity contribution in [1.29, 1.82) is 5.41 Å². The maximum absolute atomic E-state index is 7.48. The van der Waals surface area contributed by atoms with Crippen LogP contribution >= 0.6 is 23.2 Å². The van der Waals surface area contributed by atoms with Crippen molar-refractivity contribution in [2.24, 2.45) is 0 Å². The second kappa shape index (κ2) is 10.4. The smallest absolute Gasteiger partial charge is 0.225 e. The summed E-state index contributed by atoms with van der Waals surface area (Å²) in [6, 6.07) is 4.33. The summed E-state index contributed by atoms with van der Waals surface area (Å²) in [5.74, 6) is 0.528. The zero-order valence-corrected chi connectivity index (χ0v) is 16.6. The van der Waals surface area contributed by atoms with Crippen molar-refractivity contribution in [2.45, 2.75) is 39.3 Å². The molecular formula is C18H24Cl2N6. The van der Waals surface area contributed by atoms with Gasteiger partial charge in [0.2, 0.25) is 5.28 Å². The number of likely N-dealkylation sites (tertiary alicyclic amines) is 1. The van der Waals surface area contributed by atoms with Crippen LogP contribution in [0.5, 0.6) is 0 Å². The van der Waals surface area contributed by atoms with Crippen molar-refractivity contribution in [2.75, 3.05) is 18.4 Å². The van der Waals surface area contributed by atoms with Gasteiger partial charge >= 0.3 is 0 Å². The molecule has 0 radical (unpaired) electrons. The third kappa shape index (κ3) is 5.62. The highest BCUT2D eigenvalue weighted by molar-refractivity contribution is 6.34. The molecule has 26 heavy (non-hydrogen) atoms. The normalized spacial score (nSPS) is 15.1. The molecule has 3 heterocycles. The van der Waals surface area contributed by atoms with Crippen LogP contribution in [0.4, 0.5) is 5.82 Å². The van der Waals surface area contributed by atoms with Gasteiger partial charge in [0.05, 0.1) is 5.56 Å². The van der Waals surface area contributed by atoms with Gasteiger partial charge in [0.25, 0.3) is 0 Å². The Kier molecular flexibility index (Phi) is 8.22. The van der Waals surface area contributed by atoms with E-state index in [4.69, 9.17) is 28.6 Å². The van der Waals surface area contributed by atoms with Gasteiger partial charge in [0, 0.05) is 44.3 Å². The van der Waals surface area contributed by atoms with Crippen molar-refractivity contribution < 1.29 is 0 Å². The second-order valence-corrected chi connectivity index (χ2v) is 6.44. The monoisotopic (exact) mass is 394 g/mol. The fraction of sp³-hybridized carbons (Fsp3) is 0.444. The van der Waals surface area contributed by atoms with Crippen LogP contribution in [0.1, 0.15) is 37.8 Å². The van der Waals surface area contributed by atoms with E-state index in [9.17, 15) is 0 Å². The van der Waals surface area contributed by atoms with Gasteiger partial charge in [-0.3, -0.25) is 9.88 Å². The molecule has 1 aliphatic heterocycles. The van der Waals surface area contributed by atoms with Crippen molar-refractivity contribution in [3.05, 3.63) is 46.1 Å². The third-order valence-corrected chi connectivity index (χ3v) is 4.53. The molecule has 2 aromatic rings. The molecular weight excluding hydrogens is 371 g/mol. The number of aromatic nitrogens is 3. The molecule has 8 heteroatoms. The zero-order chi connectivity index (χ0) is 18.9. The van der Waals surface area contributed by atoms with Crippen molar-refractivity contribution >= 4 is 35.2 Å². The first-order valence-corrected chi connectivity index (χ1v) is 9.52. The molecule has 1 fully saturated rings. The van der Waals surface area contributed by atoms with Crippen LogP contribution in [-0.4, -0.2) is 45.2 Å². The Morgan fingerprint density at radius 1 is 1.27 bits per heavy atom. The number of nitrogens with zero attached hydrogens (tertiary/aromatic N) is 4. The minimum absolute atomic E-state index is 0.0853. The molecule has 0 atom stereocenters. The number of nitrogens with one attached hydrogen (secondary N) is 2. The Morgan fingerprint density at radius 2 is 2.00 bits per heavy atom. The Balaban J connectivity index is 0.00000117. The molecule has 2 N–H and O–H groups in total. The first-order chi connectivity index (χ1) is 12.7.